The van der Waals surface area contributed by atoms with Crippen molar-refractivity contribution in [2.45, 2.75) is 65.8 Å². The third-order valence-electron chi connectivity index (χ3n) is 3.04. The van der Waals surface area contributed by atoms with Crippen LogP contribution in [0.2, 0.25) is 0 Å². The summed E-state index contributed by atoms with van der Waals surface area (Å²) >= 11 is 0. The second-order valence-corrected chi connectivity index (χ2v) is 4.97. The van der Waals surface area contributed by atoms with Crippen LogP contribution >= 0.6 is 0 Å². The molecule has 2 nitrogen and oxygen atoms in total. The number of unbranched alkanes of at least 4 members (excludes halogenated alkanes) is 2. The summed E-state index contributed by atoms with van der Waals surface area (Å²) in [4.78, 5) is 2.61. The number of hydrogen-bond acceptors (Lipinski definition) is 2. The van der Waals surface area contributed by atoms with E-state index in [0.29, 0.717) is 6.42 Å². The summed E-state index contributed by atoms with van der Waals surface area (Å²) in [5, 5.41) is 8.51. The monoisotopic (exact) mass is 224 g/mol. The first-order chi connectivity index (χ1) is 7.65. The number of nitriles is 1. The van der Waals surface area contributed by atoms with Gasteiger partial charge in [-0.15, -0.1) is 0 Å². The molecule has 0 aliphatic rings. The first-order valence-electron chi connectivity index (χ1n) is 6.76. The first kappa shape index (κ1) is 15.4. The van der Waals surface area contributed by atoms with Crippen LogP contribution < -0.4 is 0 Å². The SMILES string of the molecule is CCC(CC)N(CCCCC#N)CC(C)C. The average Bonchev–Trinajstić information content (AvgIpc) is 2.25. The third-order valence-corrected chi connectivity index (χ3v) is 3.04. The van der Waals surface area contributed by atoms with Crippen LogP contribution in [0.4, 0.5) is 0 Å². The molecule has 94 valence electrons. The van der Waals surface area contributed by atoms with Crippen molar-refractivity contribution in [3.63, 3.8) is 0 Å². The van der Waals surface area contributed by atoms with Gasteiger partial charge in [-0.1, -0.05) is 27.7 Å². The minimum atomic E-state index is 0.707. The van der Waals surface area contributed by atoms with E-state index >= 15 is 0 Å². The molecule has 0 aliphatic heterocycles. The van der Waals surface area contributed by atoms with Crippen LogP contribution in [0.3, 0.4) is 0 Å². The fourth-order valence-corrected chi connectivity index (χ4v) is 2.22. The van der Waals surface area contributed by atoms with Gasteiger partial charge in [0.05, 0.1) is 6.07 Å². The summed E-state index contributed by atoms with van der Waals surface area (Å²) in [6.45, 7) is 11.5. The Morgan fingerprint density at radius 2 is 1.75 bits per heavy atom. The van der Waals surface area contributed by atoms with Crippen molar-refractivity contribution in [1.82, 2.24) is 4.90 Å². The molecule has 0 radical (unpaired) electrons. The molecule has 0 saturated carbocycles. The van der Waals surface area contributed by atoms with Crippen molar-refractivity contribution in [2.75, 3.05) is 13.1 Å². The minimum Gasteiger partial charge on any atom is -0.300 e. The Morgan fingerprint density at radius 1 is 1.12 bits per heavy atom. The first-order valence-corrected chi connectivity index (χ1v) is 6.76. The summed E-state index contributed by atoms with van der Waals surface area (Å²) in [7, 11) is 0. The van der Waals surface area contributed by atoms with Crippen LogP contribution in [-0.2, 0) is 0 Å². The Kier molecular flexibility index (Phi) is 9.33. The Balaban J connectivity index is 4.04. The maximum absolute atomic E-state index is 8.51. The quantitative estimate of drug-likeness (QED) is 0.557. The normalized spacial score (nSPS) is 11.4. The van der Waals surface area contributed by atoms with E-state index in [1.807, 2.05) is 0 Å². The zero-order valence-electron chi connectivity index (χ0n) is 11.5. The third kappa shape index (κ3) is 6.85. The minimum absolute atomic E-state index is 0.707. The number of nitrogens with zero attached hydrogens (tertiary/aromatic N) is 2. The lowest BCUT2D eigenvalue weighted by Crippen LogP contribution is -2.38. The van der Waals surface area contributed by atoms with Crippen molar-refractivity contribution in [3.8, 4) is 6.07 Å². The highest BCUT2D eigenvalue weighted by Gasteiger charge is 2.15. The molecule has 0 amide bonds. The summed E-state index contributed by atoms with van der Waals surface area (Å²) < 4.78 is 0. The van der Waals surface area contributed by atoms with Crippen molar-refractivity contribution in [3.05, 3.63) is 0 Å². The smallest absolute Gasteiger partial charge is 0.0621 e. The maximum atomic E-state index is 8.51. The van der Waals surface area contributed by atoms with Gasteiger partial charge in [0.2, 0.25) is 0 Å². The Morgan fingerprint density at radius 3 is 2.19 bits per heavy atom. The summed E-state index contributed by atoms with van der Waals surface area (Å²) in [6.07, 6.45) is 5.39. The van der Waals surface area contributed by atoms with Gasteiger partial charge in [0.25, 0.3) is 0 Å². The standard InChI is InChI=1S/C14H28N2/c1-5-14(6-2)16(12-13(3)4)11-9-7-8-10-15/h13-14H,5-9,11-12H2,1-4H3. The fourth-order valence-electron chi connectivity index (χ4n) is 2.22. The molecule has 0 heterocycles. The van der Waals surface area contributed by atoms with Crippen molar-refractivity contribution >= 4 is 0 Å². The van der Waals surface area contributed by atoms with Gasteiger partial charge in [-0.2, -0.15) is 5.26 Å². The summed E-state index contributed by atoms with van der Waals surface area (Å²) in [5.74, 6) is 0.733. The van der Waals surface area contributed by atoms with Crippen LogP contribution in [0.1, 0.15) is 59.8 Å². The number of hydrogen-bond donors (Lipinski definition) is 0. The average molecular weight is 224 g/mol. The van der Waals surface area contributed by atoms with E-state index in [1.165, 1.54) is 19.4 Å². The largest absolute Gasteiger partial charge is 0.300 e. The number of rotatable bonds is 9. The predicted molar refractivity (Wildman–Crippen MR) is 70.2 cm³/mol. The molecule has 16 heavy (non-hydrogen) atoms. The Bertz CT molecular complexity index is 189. The molecule has 0 unspecified atom stereocenters. The highest BCUT2D eigenvalue weighted by molar-refractivity contribution is 4.73. The summed E-state index contributed by atoms with van der Waals surface area (Å²) in [6, 6.07) is 2.95. The van der Waals surface area contributed by atoms with Gasteiger partial charge in [0.15, 0.2) is 0 Å². The van der Waals surface area contributed by atoms with Gasteiger partial charge in [-0.25, -0.2) is 0 Å². The van der Waals surface area contributed by atoms with Crippen LogP contribution in [0.25, 0.3) is 0 Å². The molecule has 0 aromatic carbocycles. The van der Waals surface area contributed by atoms with E-state index in [-0.39, 0.29) is 0 Å². The molecular formula is C14H28N2. The van der Waals surface area contributed by atoms with Gasteiger partial charge in [-0.05, 0) is 38.1 Å². The van der Waals surface area contributed by atoms with Gasteiger partial charge in [-0.3, -0.25) is 0 Å². The van der Waals surface area contributed by atoms with Crippen LogP contribution in [0.5, 0.6) is 0 Å². The Hall–Kier alpha value is -0.550. The lowest BCUT2D eigenvalue weighted by atomic mass is 10.1. The van der Waals surface area contributed by atoms with E-state index in [1.54, 1.807) is 0 Å². The molecule has 0 spiro atoms. The van der Waals surface area contributed by atoms with E-state index in [9.17, 15) is 0 Å². The molecule has 0 N–H and O–H groups in total. The lowest BCUT2D eigenvalue weighted by molar-refractivity contribution is 0.163. The van der Waals surface area contributed by atoms with E-state index in [2.05, 4.69) is 38.7 Å². The van der Waals surface area contributed by atoms with Crippen molar-refractivity contribution in [2.24, 2.45) is 5.92 Å². The molecular weight excluding hydrogens is 196 g/mol. The van der Waals surface area contributed by atoms with Crippen molar-refractivity contribution in [1.29, 1.82) is 5.26 Å². The molecule has 0 fully saturated rings. The highest BCUT2D eigenvalue weighted by Crippen LogP contribution is 2.12. The van der Waals surface area contributed by atoms with Crippen LogP contribution in [0, 0.1) is 17.2 Å². The maximum Gasteiger partial charge on any atom is 0.0621 e. The molecule has 0 saturated heterocycles. The molecule has 0 aromatic heterocycles. The molecule has 0 atom stereocenters. The molecule has 0 aromatic rings. The van der Waals surface area contributed by atoms with Crippen molar-refractivity contribution < 1.29 is 0 Å². The topological polar surface area (TPSA) is 27.0 Å². The van der Waals surface area contributed by atoms with Gasteiger partial charge >= 0.3 is 0 Å². The molecule has 0 aliphatic carbocycles. The second kappa shape index (κ2) is 9.66. The van der Waals surface area contributed by atoms with E-state index in [4.69, 9.17) is 5.26 Å². The van der Waals surface area contributed by atoms with Gasteiger partial charge in [0.1, 0.15) is 0 Å². The highest BCUT2D eigenvalue weighted by atomic mass is 15.1. The second-order valence-electron chi connectivity index (χ2n) is 4.97. The Labute approximate surface area is 102 Å². The molecule has 0 bridgehead atoms. The van der Waals surface area contributed by atoms with Gasteiger partial charge < -0.3 is 4.90 Å². The fraction of sp³-hybridized carbons (Fsp3) is 0.929. The van der Waals surface area contributed by atoms with E-state index in [0.717, 1.165) is 31.3 Å². The zero-order chi connectivity index (χ0) is 12.4. The molecule has 0 rings (SSSR count). The lowest BCUT2D eigenvalue weighted by Gasteiger charge is -2.31. The summed E-state index contributed by atoms with van der Waals surface area (Å²) in [5.41, 5.74) is 0. The van der Waals surface area contributed by atoms with Crippen LogP contribution in [-0.4, -0.2) is 24.0 Å². The van der Waals surface area contributed by atoms with E-state index < -0.39 is 0 Å². The van der Waals surface area contributed by atoms with Crippen LogP contribution in [0.15, 0.2) is 0 Å². The predicted octanol–water partition coefficient (Wildman–Crippen LogP) is 3.83. The van der Waals surface area contributed by atoms with Gasteiger partial charge in [0, 0.05) is 19.0 Å². The molecule has 2 heteroatoms. The zero-order valence-corrected chi connectivity index (χ0v) is 11.5.